The third-order valence-corrected chi connectivity index (χ3v) is 4.02. The molecule has 140 valence electrons. The minimum Gasteiger partial charge on any atom is -0.497 e. The minimum atomic E-state index is -0.858. The van der Waals surface area contributed by atoms with Crippen molar-refractivity contribution in [2.75, 3.05) is 12.4 Å². The third-order valence-electron chi connectivity index (χ3n) is 4.02. The monoisotopic (exact) mass is 372 g/mol. The zero-order valence-electron chi connectivity index (χ0n) is 14.7. The van der Waals surface area contributed by atoms with Gasteiger partial charge in [-0.1, -0.05) is 12.1 Å². The van der Waals surface area contributed by atoms with Crippen molar-refractivity contribution in [1.82, 2.24) is 14.9 Å². The molecule has 0 aliphatic carbocycles. The number of urea groups is 1. The van der Waals surface area contributed by atoms with Crippen molar-refractivity contribution in [3.8, 4) is 5.75 Å². The second-order valence-corrected chi connectivity index (χ2v) is 5.83. The molecular formula is C19H18F2N4O2. The van der Waals surface area contributed by atoms with Crippen molar-refractivity contribution in [2.45, 2.75) is 6.04 Å². The smallest absolute Gasteiger partial charge is 0.320 e. The van der Waals surface area contributed by atoms with Crippen LogP contribution in [0.3, 0.4) is 0 Å². The Hall–Kier alpha value is -3.42. The van der Waals surface area contributed by atoms with Gasteiger partial charge in [0.05, 0.1) is 12.8 Å². The zero-order chi connectivity index (χ0) is 19.4. The van der Waals surface area contributed by atoms with Gasteiger partial charge >= 0.3 is 6.03 Å². The second-order valence-electron chi connectivity index (χ2n) is 5.83. The Balaban J connectivity index is 1.84. The van der Waals surface area contributed by atoms with Crippen LogP contribution < -0.4 is 15.4 Å². The van der Waals surface area contributed by atoms with Crippen LogP contribution in [0.25, 0.3) is 0 Å². The van der Waals surface area contributed by atoms with Crippen molar-refractivity contribution >= 4 is 11.7 Å². The van der Waals surface area contributed by atoms with E-state index in [-0.39, 0.29) is 5.69 Å². The number of nitrogens with one attached hydrogen (secondary N) is 2. The first kappa shape index (κ1) is 18.4. The number of halogens is 2. The number of anilines is 1. The molecule has 3 rings (SSSR count). The lowest BCUT2D eigenvalue weighted by Gasteiger charge is -2.20. The number of amides is 2. The number of rotatable bonds is 5. The highest BCUT2D eigenvalue weighted by Gasteiger charge is 2.21. The second kappa shape index (κ2) is 7.86. The summed E-state index contributed by atoms with van der Waals surface area (Å²) in [4.78, 5) is 16.7. The van der Waals surface area contributed by atoms with Crippen LogP contribution in [-0.4, -0.2) is 22.7 Å². The van der Waals surface area contributed by atoms with Gasteiger partial charge < -0.3 is 19.9 Å². The maximum Gasteiger partial charge on any atom is 0.320 e. The molecule has 8 heteroatoms. The van der Waals surface area contributed by atoms with E-state index in [1.165, 1.54) is 0 Å². The Morgan fingerprint density at radius 1 is 1.19 bits per heavy atom. The van der Waals surface area contributed by atoms with Crippen molar-refractivity contribution in [3.05, 3.63) is 77.9 Å². The number of carbonyl (C=O) groups excluding carboxylic acids is 1. The molecule has 27 heavy (non-hydrogen) atoms. The van der Waals surface area contributed by atoms with E-state index in [0.29, 0.717) is 17.6 Å². The summed E-state index contributed by atoms with van der Waals surface area (Å²) in [7, 11) is 3.37. The number of methoxy groups -OCH3 is 1. The van der Waals surface area contributed by atoms with Gasteiger partial charge in [-0.15, -0.1) is 0 Å². The van der Waals surface area contributed by atoms with Crippen LogP contribution in [0, 0.1) is 11.6 Å². The zero-order valence-corrected chi connectivity index (χ0v) is 14.7. The van der Waals surface area contributed by atoms with Crippen molar-refractivity contribution in [2.24, 2.45) is 7.05 Å². The Kier molecular flexibility index (Phi) is 5.35. The van der Waals surface area contributed by atoms with Crippen LogP contribution >= 0.6 is 0 Å². The minimum absolute atomic E-state index is 0.123. The molecule has 3 aromatic rings. The number of carbonyl (C=O) groups is 1. The van der Waals surface area contributed by atoms with Gasteiger partial charge in [-0.05, 0) is 29.8 Å². The molecule has 1 atom stereocenters. The van der Waals surface area contributed by atoms with Crippen molar-refractivity contribution in [1.29, 1.82) is 0 Å². The molecule has 6 nitrogen and oxygen atoms in total. The van der Waals surface area contributed by atoms with Gasteiger partial charge in [0.2, 0.25) is 0 Å². The lowest BCUT2D eigenvalue weighted by atomic mass is 10.1. The number of aryl methyl sites for hydroxylation is 1. The predicted octanol–water partition coefficient (Wildman–Crippen LogP) is 3.62. The SMILES string of the molecule is COc1ccc(C(NC(=O)Nc2ccc(F)cc2F)c2nccn2C)cc1. The van der Waals surface area contributed by atoms with Crippen LogP contribution in [-0.2, 0) is 7.05 Å². The number of ether oxygens (including phenoxy) is 1. The van der Waals surface area contributed by atoms with Crippen LogP contribution in [0.15, 0.2) is 54.9 Å². The van der Waals surface area contributed by atoms with E-state index in [1.54, 1.807) is 55.4 Å². The Morgan fingerprint density at radius 3 is 2.52 bits per heavy atom. The van der Waals surface area contributed by atoms with E-state index in [4.69, 9.17) is 4.74 Å². The normalized spacial score (nSPS) is 11.7. The summed E-state index contributed by atoms with van der Waals surface area (Å²) in [6.07, 6.45) is 3.37. The number of benzene rings is 2. The Bertz CT molecular complexity index is 941. The molecule has 0 aliphatic heterocycles. The number of imidazole rings is 1. The molecule has 1 unspecified atom stereocenters. The lowest BCUT2D eigenvalue weighted by molar-refractivity contribution is 0.249. The van der Waals surface area contributed by atoms with Gasteiger partial charge in [0.15, 0.2) is 0 Å². The fraction of sp³-hybridized carbons (Fsp3) is 0.158. The summed E-state index contributed by atoms with van der Waals surface area (Å²) in [6, 6.07) is 8.84. The molecule has 1 heterocycles. The first-order valence-corrected chi connectivity index (χ1v) is 8.11. The number of aromatic nitrogens is 2. The van der Waals surface area contributed by atoms with Gasteiger partial charge in [0, 0.05) is 25.5 Å². The number of hydrogen-bond acceptors (Lipinski definition) is 3. The highest BCUT2D eigenvalue weighted by atomic mass is 19.1. The van der Waals surface area contributed by atoms with Crippen LogP contribution in [0.2, 0.25) is 0 Å². The summed E-state index contributed by atoms with van der Waals surface area (Å²) in [5.41, 5.74) is 0.641. The van der Waals surface area contributed by atoms with Crippen LogP contribution in [0.1, 0.15) is 17.4 Å². The lowest BCUT2D eigenvalue weighted by Crippen LogP contribution is -2.34. The topological polar surface area (TPSA) is 68.2 Å². The molecule has 0 fully saturated rings. The summed E-state index contributed by atoms with van der Waals surface area (Å²) >= 11 is 0. The van der Waals surface area contributed by atoms with Gasteiger partial charge in [-0.25, -0.2) is 18.6 Å². The first-order valence-electron chi connectivity index (χ1n) is 8.11. The van der Waals surface area contributed by atoms with Gasteiger partial charge in [0.1, 0.15) is 29.3 Å². The molecule has 0 saturated heterocycles. The van der Waals surface area contributed by atoms with E-state index in [1.807, 2.05) is 0 Å². The highest BCUT2D eigenvalue weighted by Crippen LogP contribution is 2.23. The van der Waals surface area contributed by atoms with E-state index in [2.05, 4.69) is 15.6 Å². The van der Waals surface area contributed by atoms with Crippen LogP contribution in [0.5, 0.6) is 5.75 Å². The fourth-order valence-corrected chi connectivity index (χ4v) is 2.63. The molecule has 0 radical (unpaired) electrons. The molecule has 2 N–H and O–H groups in total. The number of hydrogen-bond donors (Lipinski definition) is 2. The van der Waals surface area contributed by atoms with Gasteiger partial charge in [-0.2, -0.15) is 0 Å². The first-order chi connectivity index (χ1) is 13.0. The molecule has 2 aromatic carbocycles. The van der Waals surface area contributed by atoms with E-state index in [0.717, 1.165) is 17.7 Å². The molecule has 2 amide bonds. The number of nitrogens with zero attached hydrogens (tertiary/aromatic N) is 2. The largest absolute Gasteiger partial charge is 0.497 e. The Morgan fingerprint density at radius 2 is 1.93 bits per heavy atom. The van der Waals surface area contributed by atoms with Crippen molar-refractivity contribution in [3.63, 3.8) is 0 Å². The predicted molar refractivity (Wildman–Crippen MR) is 96.6 cm³/mol. The molecule has 0 spiro atoms. The van der Waals surface area contributed by atoms with E-state index < -0.39 is 23.7 Å². The summed E-state index contributed by atoms with van der Waals surface area (Å²) < 4.78 is 33.7. The maximum atomic E-state index is 13.8. The molecule has 0 aliphatic rings. The molecule has 0 bridgehead atoms. The average Bonchev–Trinajstić information content (AvgIpc) is 3.08. The maximum absolute atomic E-state index is 13.8. The quantitative estimate of drug-likeness (QED) is 0.719. The molecular weight excluding hydrogens is 354 g/mol. The van der Waals surface area contributed by atoms with Gasteiger partial charge in [-0.3, -0.25) is 0 Å². The van der Waals surface area contributed by atoms with Gasteiger partial charge in [0.25, 0.3) is 0 Å². The van der Waals surface area contributed by atoms with E-state index in [9.17, 15) is 13.6 Å². The summed E-state index contributed by atoms with van der Waals surface area (Å²) in [5.74, 6) is -0.309. The van der Waals surface area contributed by atoms with Crippen LogP contribution in [0.4, 0.5) is 19.3 Å². The summed E-state index contributed by atoms with van der Waals surface area (Å²) in [5, 5.41) is 5.16. The fourth-order valence-electron chi connectivity index (χ4n) is 2.63. The Labute approximate surface area is 154 Å². The average molecular weight is 372 g/mol. The molecule has 0 saturated carbocycles. The highest BCUT2D eigenvalue weighted by molar-refractivity contribution is 5.89. The summed E-state index contributed by atoms with van der Waals surface area (Å²) in [6.45, 7) is 0. The van der Waals surface area contributed by atoms with E-state index >= 15 is 0 Å². The molecule has 1 aromatic heterocycles. The third kappa shape index (κ3) is 4.22. The van der Waals surface area contributed by atoms with Crippen molar-refractivity contribution < 1.29 is 18.3 Å². The standard InChI is InChI=1S/C19H18F2N4O2/c1-25-10-9-22-18(25)17(12-3-6-14(27-2)7-4-12)24-19(26)23-16-8-5-13(20)11-15(16)21/h3-11,17H,1-2H3,(H2,23,24,26).